The fraction of sp³-hybridized carbons (Fsp3) is 0.579. The molecule has 26 heavy (non-hydrogen) atoms. The molecule has 0 radical (unpaired) electrons. The van der Waals surface area contributed by atoms with Crippen LogP contribution in [0.25, 0.3) is 0 Å². The SMILES string of the molecule is CCN(c1cc(Br)cc(C(=O)OC)c1C)C1C[C@@H](C)N(C(=O)O)[C@H](C)C1. The highest BCUT2D eigenvalue weighted by Crippen LogP contribution is 2.34. The summed E-state index contributed by atoms with van der Waals surface area (Å²) in [6.07, 6.45) is 0.645. The molecule has 0 bridgehead atoms. The molecule has 0 unspecified atom stereocenters. The first kappa shape index (κ1) is 20.6. The normalized spacial score (nSPS) is 22.8. The summed E-state index contributed by atoms with van der Waals surface area (Å²) in [6.45, 7) is 8.69. The van der Waals surface area contributed by atoms with Crippen LogP contribution in [-0.2, 0) is 4.74 Å². The number of likely N-dealkylation sites (tertiary alicyclic amines) is 1. The minimum Gasteiger partial charge on any atom is -0.465 e. The van der Waals surface area contributed by atoms with Crippen molar-refractivity contribution in [3.05, 3.63) is 27.7 Å². The number of carbonyl (C=O) groups is 2. The molecule has 1 N–H and O–H groups in total. The third kappa shape index (κ3) is 3.98. The summed E-state index contributed by atoms with van der Waals surface area (Å²) in [5.41, 5.74) is 2.40. The second-order valence-corrected chi connectivity index (χ2v) is 7.80. The number of carboxylic acid groups (broad SMARTS) is 1. The summed E-state index contributed by atoms with van der Waals surface area (Å²) < 4.78 is 5.73. The Morgan fingerprint density at radius 2 is 1.88 bits per heavy atom. The molecule has 1 aliphatic heterocycles. The van der Waals surface area contributed by atoms with E-state index in [1.165, 1.54) is 12.0 Å². The summed E-state index contributed by atoms with van der Waals surface area (Å²) in [5, 5.41) is 9.44. The number of benzene rings is 1. The zero-order chi connectivity index (χ0) is 19.6. The van der Waals surface area contributed by atoms with E-state index in [2.05, 4.69) is 27.8 Å². The van der Waals surface area contributed by atoms with Crippen molar-refractivity contribution in [1.82, 2.24) is 4.90 Å². The van der Waals surface area contributed by atoms with Crippen LogP contribution in [0, 0.1) is 6.92 Å². The lowest BCUT2D eigenvalue weighted by molar-refractivity contribution is 0.0598. The van der Waals surface area contributed by atoms with Crippen LogP contribution < -0.4 is 4.90 Å². The van der Waals surface area contributed by atoms with Crippen molar-refractivity contribution in [3.8, 4) is 0 Å². The summed E-state index contributed by atoms with van der Waals surface area (Å²) in [6, 6.07) is 3.89. The number of ether oxygens (including phenoxy) is 1. The van der Waals surface area contributed by atoms with E-state index in [-0.39, 0.29) is 24.1 Å². The maximum atomic E-state index is 12.1. The summed E-state index contributed by atoms with van der Waals surface area (Å²) in [5.74, 6) is -0.358. The number of rotatable bonds is 4. The number of methoxy groups -OCH3 is 1. The van der Waals surface area contributed by atoms with Gasteiger partial charge in [0.15, 0.2) is 0 Å². The summed E-state index contributed by atoms with van der Waals surface area (Å²) in [4.78, 5) is 27.4. The topological polar surface area (TPSA) is 70.1 Å². The van der Waals surface area contributed by atoms with E-state index < -0.39 is 6.09 Å². The van der Waals surface area contributed by atoms with Crippen molar-refractivity contribution in [3.63, 3.8) is 0 Å². The standard InChI is InChI=1S/C19H27BrN2O4/c1-6-21(15-7-11(2)22(19(24)25)12(3)8-15)17-10-14(20)9-16(13(17)4)18(23)26-5/h9-12,15H,6-8H2,1-5H3,(H,24,25)/t11-,12-/m1/s1. The number of piperidine rings is 1. The largest absolute Gasteiger partial charge is 0.465 e. The third-order valence-corrected chi connectivity index (χ3v) is 5.70. The van der Waals surface area contributed by atoms with E-state index in [0.717, 1.165) is 35.1 Å². The predicted octanol–water partition coefficient (Wildman–Crippen LogP) is 4.29. The van der Waals surface area contributed by atoms with Crippen molar-refractivity contribution in [2.75, 3.05) is 18.6 Å². The minimum atomic E-state index is -0.863. The van der Waals surface area contributed by atoms with Gasteiger partial charge >= 0.3 is 12.1 Å². The average molecular weight is 427 g/mol. The molecule has 1 fully saturated rings. The number of hydrogen-bond donors (Lipinski definition) is 1. The molecule has 1 saturated heterocycles. The van der Waals surface area contributed by atoms with Crippen LogP contribution in [0.1, 0.15) is 49.5 Å². The van der Waals surface area contributed by atoms with Crippen LogP contribution >= 0.6 is 15.9 Å². The molecular formula is C19H27BrN2O4. The fourth-order valence-electron chi connectivity index (χ4n) is 4.09. The first-order valence-electron chi connectivity index (χ1n) is 8.87. The Labute approximate surface area is 163 Å². The molecule has 2 rings (SSSR count). The maximum absolute atomic E-state index is 12.1. The molecule has 6 nitrogen and oxygen atoms in total. The van der Waals surface area contributed by atoms with Crippen molar-refractivity contribution in [2.45, 2.75) is 58.7 Å². The molecule has 0 aliphatic carbocycles. The van der Waals surface area contributed by atoms with Gasteiger partial charge in [-0.05, 0) is 58.2 Å². The summed E-state index contributed by atoms with van der Waals surface area (Å²) >= 11 is 3.50. The lowest BCUT2D eigenvalue weighted by atomic mass is 9.91. The monoisotopic (exact) mass is 426 g/mol. The highest BCUT2D eigenvalue weighted by molar-refractivity contribution is 9.10. The van der Waals surface area contributed by atoms with Crippen LogP contribution in [0.5, 0.6) is 0 Å². The van der Waals surface area contributed by atoms with E-state index in [0.29, 0.717) is 5.56 Å². The van der Waals surface area contributed by atoms with Gasteiger partial charge in [0.2, 0.25) is 0 Å². The Morgan fingerprint density at radius 1 is 1.31 bits per heavy atom. The van der Waals surface area contributed by atoms with Gasteiger partial charge in [-0.3, -0.25) is 0 Å². The number of anilines is 1. The van der Waals surface area contributed by atoms with Gasteiger partial charge < -0.3 is 19.6 Å². The Balaban J connectivity index is 2.39. The molecule has 7 heteroatoms. The quantitative estimate of drug-likeness (QED) is 0.726. The average Bonchev–Trinajstić information content (AvgIpc) is 2.56. The van der Waals surface area contributed by atoms with Gasteiger partial charge in [0.05, 0.1) is 12.7 Å². The van der Waals surface area contributed by atoms with Gasteiger partial charge in [-0.15, -0.1) is 0 Å². The molecule has 1 aromatic rings. The van der Waals surface area contributed by atoms with E-state index in [1.54, 1.807) is 6.07 Å². The van der Waals surface area contributed by atoms with Crippen molar-refractivity contribution in [2.24, 2.45) is 0 Å². The predicted molar refractivity (Wildman–Crippen MR) is 105 cm³/mol. The van der Waals surface area contributed by atoms with Crippen LogP contribution in [0.4, 0.5) is 10.5 Å². The Morgan fingerprint density at radius 3 is 2.35 bits per heavy atom. The van der Waals surface area contributed by atoms with Gasteiger partial charge in [-0.2, -0.15) is 0 Å². The number of hydrogen-bond acceptors (Lipinski definition) is 4. The number of amides is 1. The van der Waals surface area contributed by atoms with Crippen LogP contribution in [0.3, 0.4) is 0 Å². The Hall–Kier alpha value is -1.76. The maximum Gasteiger partial charge on any atom is 0.407 e. The number of halogens is 1. The van der Waals surface area contributed by atoms with Crippen LogP contribution in [-0.4, -0.2) is 53.8 Å². The van der Waals surface area contributed by atoms with E-state index in [9.17, 15) is 14.7 Å². The number of esters is 1. The molecule has 2 atom stereocenters. The molecule has 1 aromatic carbocycles. The molecule has 1 amide bonds. The van der Waals surface area contributed by atoms with Crippen molar-refractivity contribution < 1.29 is 19.4 Å². The molecule has 1 heterocycles. The fourth-order valence-corrected chi connectivity index (χ4v) is 4.53. The minimum absolute atomic E-state index is 0.0529. The first-order valence-corrected chi connectivity index (χ1v) is 9.66. The molecule has 144 valence electrons. The number of carbonyl (C=O) groups excluding carboxylic acids is 1. The zero-order valence-electron chi connectivity index (χ0n) is 16.0. The third-order valence-electron chi connectivity index (χ3n) is 5.24. The van der Waals surface area contributed by atoms with Gasteiger partial charge in [0.25, 0.3) is 0 Å². The molecule has 0 spiro atoms. The second kappa shape index (κ2) is 8.29. The molecule has 0 saturated carbocycles. The van der Waals surface area contributed by atoms with Gasteiger partial charge in [0, 0.05) is 34.8 Å². The highest BCUT2D eigenvalue weighted by atomic mass is 79.9. The Bertz CT molecular complexity index is 682. The molecular weight excluding hydrogens is 400 g/mol. The van der Waals surface area contributed by atoms with Crippen molar-refractivity contribution in [1.29, 1.82) is 0 Å². The summed E-state index contributed by atoms with van der Waals surface area (Å²) in [7, 11) is 1.38. The van der Waals surface area contributed by atoms with Gasteiger partial charge in [-0.1, -0.05) is 15.9 Å². The smallest absolute Gasteiger partial charge is 0.407 e. The lowest BCUT2D eigenvalue weighted by Crippen LogP contribution is -2.55. The van der Waals surface area contributed by atoms with E-state index >= 15 is 0 Å². The van der Waals surface area contributed by atoms with E-state index in [4.69, 9.17) is 4.74 Å². The Kier molecular flexibility index (Phi) is 6.55. The van der Waals surface area contributed by atoms with Gasteiger partial charge in [0.1, 0.15) is 0 Å². The van der Waals surface area contributed by atoms with E-state index in [1.807, 2.05) is 26.8 Å². The van der Waals surface area contributed by atoms with Gasteiger partial charge in [-0.25, -0.2) is 9.59 Å². The number of nitrogens with zero attached hydrogens (tertiary/aromatic N) is 2. The highest BCUT2D eigenvalue weighted by Gasteiger charge is 2.36. The lowest BCUT2D eigenvalue weighted by Gasteiger charge is -2.45. The molecule has 0 aromatic heterocycles. The first-order chi connectivity index (χ1) is 12.2. The van der Waals surface area contributed by atoms with Crippen molar-refractivity contribution >= 4 is 33.7 Å². The zero-order valence-corrected chi connectivity index (χ0v) is 17.5. The molecule has 1 aliphatic rings. The van der Waals surface area contributed by atoms with Crippen LogP contribution in [0.2, 0.25) is 0 Å². The van der Waals surface area contributed by atoms with Crippen LogP contribution in [0.15, 0.2) is 16.6 Å². The second-order valence-electron chi connectivity index (χ2n) is 6.89.